The maximum atomic E-state index is 5.37. The lowest BCUT2D eigenvalue weighted by atomic mass is 10.0. The zero-order valence-corrected chi connectivity index (χ0v) is 15.5. The second kappa shape index (κ2) is 8.20. The molecule has 2 N–H and O–H groups in total. The molecule has 2 aromatic heterocycles. The summed E-state index contributed by atoms with van der Waals surface area (Å²) in [4.78, 5) is 15.6. The van der Waals surface area contributed by atoms with E-state index in [4.69, 9.17) is 12.2 Å². The predicted molar refractivity (Wildman–Crippen MR) is 105 cm³/mol. The average molecular weight is 356 g/mol. The molecule has 0 spiro atoms. The van der Waals surface area contributed by atoms with E-state index in [0.29, 0.717) is 23.6 Å². The molecular formula is C18H24N6S. The molecule has 1 saturated heterocycles. The van der Waals surface area contributed by atoms with Gasteiger partial charge in [0.05, 0.1) is 0 Å². The Kier molecular flexibility index (Phi) is 5.75. The SMILES string of the molecule is Cc1cc(N2CCCC[C@@H]2C)nc(NC(=S)NCc2cccnc2)n1. The lowest BCUT2D eigenvalue weighted by molar-refractivity contribution is 0.481. The summed E-state index contributed by atoms with van der Waals surface area (Å²) in [7, 11) is 0. The van der Waals surface area contributed by atoms with Gasteiger partial charge < -0.3 is 15.5 Å². The van der Waals surface area contributed by atoms with Gasteiger partial charge in [0, 0.05) is 43.3 Å². The highest BCUT2D eigenvalue weighted by Crippen LogP contribution is 2.24. The number of anilines is 2. The molecular weight excluding hydrogens is 332 g/mol. The molecule has 0 amide bonds. The van der Waals surface area contributed by atoms with Gasteiger partial charge in [0.1, 0.15) is 5.82 Å². The number of nitrogens with one attached hydrogen (secondary N) is 2. The summed E-state index contributed by atoms with van der Waals surface area (Å²) in [6.45, 7) is 5.89. The highest BCUT2D eigenvalue weighted by atomic mass is 32.1. The quantitative estimate of drug-likeness (QED) is 0.816. The largest absolute Gasteiger partial charge is 0.358 e. The molecule has 0 bridgehead atoms. The molecule has 3 heterocycles. The number of thiocarbonyl (C=S) groups is 1. The van der Waals surface area contributed by atoms with Crippen LogP contribution >= 0.6 is 12.2 Å². The summed E-state index contributed by atoms with van der Waals surface area (Å²) in [6, 6.07) is 6.45. The Balaban J connectivity index is 1.64. The van der Waals surface area contributed by atoms with Gasteiger partial charge in [-0.1, -0.05) is 6.07 Å². The highest BCUT2D eigenvalue weighted by Gasteiger charge is 2.20. The van der Waals surface area contributed by atoms with Crippen LogP contribution in [0.2, 0.25) is 0 Å². The number of hydrogen-bond acceptors (Lipinski definition) is 5. The summed E-state index contributed by atoms with van der Waals surface area (Å²) in [6.07, 6.45) is 7.27. The number of piperidine rings is 1. The predicted octanol–water partition coefficient (Wildman–Crippen LogP) is 3.05. The molecule has 1 atom stereocenters. The number of nitrogens with zero attached hydrogens (tertiary/aromatic N) is 4. The third kappa shape index (κ3) is 4.85. The van der Waals surface area contributed by atoms with Crippen LogP contribution in [-0.2, 0) is 6.54 Å². The molecule has 1 aliphatic heterocycles. The summed E-state index contributed by atoms with van der Waals surface area (Å²) in [5.74, 6) is 1.51. The maximum absolute atomic E-state index is 5.37. The van der Waals surface area contributed by atoms with E-state index in [1.807, 2.05) is 31.3 Å². The van der Waals surface area contributed by atoms with Gasteiger partial charge in [0.15, 0.2) is 5.11 Å². The van der Waals surface area contributed by atoms with Crippen molar-refractivity contribution in [2.45, 2.75) is 45.7 Å². The van der Waals surface area contributed by atoms with E-state index in [2.05, 4.69) is 37.4 Å². The number of aromatic nitrogens is 3. The van der Waals surface area contributed by atoms with Crippen LogP contribution in [0.5, 0.6) is 0 Å². The Morgan fingerprint density at radius 3 is 3.00 bits per heavy atom. The van der Waals surface area contributed by atoms with Crippen LogP contribution in [-0.4, -0.2) is 32.7 Å². The van der Waals surface area contributed by atoms with E-state index in [0.717, 1.165) is 23.6 Å². The fourth-order valence-electron chi connectivity index (χ4n) is 3.02. The van der Waals surface area contributed by atoms with Crippen LogP contribution in [0, 0.1) is 6.92 Å². The van der Waals surface area contributed by atoms with Crippen LogP contribution in [0.15, 0.2) is 30.6 Å². The highest BCUT2D eigenvalue weighted by molar-refractivity contribution is 7.80. The molecule has 1 aliphatic rings. The third-order valence-electron chi connectivity index (χ3n) is 4.34. The van der Waals surface area contributed by atoms with E-state index in [1.165, 1.54) is 19.3 Å². The first-order valence-electron chi connectivity index (χ1n) is 8.68. The topological polar surface area (TPSA) is 66.0 Å². The molecule has 25 heavy (non-hydrogen) atoms. The minimum Gasteiger partial charge on any atom is -0.358 e. The summed E-state index contributed by atoms with van der Waals surface area (Å²) in [5, 5.41) is 6.77. The van der Waals surface area contributed by atoms with Crippen molar-refractivity contribution in [3.8, 4) is 0 Å². The van der Waals surface area contributed by atoms with E-state index < -0.39 is 0 Å². The molecule has 0 aromatic carbocycles. The minimum absolute atomic E-state index is 0.506. The van der Waals surface area contributed by atoms with Crippen molar-refractivity contribution in [2.75, 3.05) is 16.8 Å². The van der Waals surface area contributed by atoms with Gasteiger partial charge in [-0.25, -0.2) is 4.98 Å². The first kappa shape index (κ1) is 17.5. The van der Waals surface area contributed by atoms with Crippen molar-refractivity contribution < 1.29 is 0 Å². The van der Waals surface area contributed by atoms with Gasteiger partial charge in [0.2, 0.25) is 5.95 Å². The fraction of sp³-hybridized carbons (Fsp3) is 0.444. The van der Waals surface area contributed by atoms with Crippen molar-refractivity contribution in [1.82, 2.24) is 20.3 Å². The van der Waals surface area contributed by atoms with Crippen LogP contribution in [0.1, 0.15) is 37.4 Å². The molecule has 3 rings (SSSR count). The molecule has 6 nitrogen and oxygen atoms in total. The molecule has 132 valence electrons. The molecule has 0 radical (unpaired) electrons. The lowest BCUT2D eigenvalue weighted by Crippen LogP contribution is -2.38. The zero-order chi connectivity index (χ0) is 17.6. The van der Waals surface area contributed by atoms with Crippen LogP contribution in [0.3, 0.4) is 0 Å². The van der Waals surface area contributed by atoms with Crippen LogP contribution in [0.4, 0.5) is 11.8 Å². The number of hydrogen-bond donors (Lipinski definition) is 2. The number of rotatable bonds is 4. The Morgan fingerprint density at radius 2 is 2.24 bits per heavy atom. The Hall–Kier alpha value is -2.28. The Bertz CT molecular complexity index is 721. The molecule has 0 unspecified atom stereocenters. The maximum Gasteiger partial charge on any atom is 0.231 e. The van der Waals surface area contributed by atoms with E-state index in [9.17, 15) is 0 Å². The first-order valence-corrected chi connectivity index (χ1v) is 9.09. The number of pyridine rings is 1. The van der Waals surface area contributed by atoms with E-state index in [1.54, 1.807) is 6.20 Å². The Labute approximate surface area is 154 Å². The summed E-state index contributed by atoms with van der Waals surface area (Å²) in [5.41, 5.74) is 2.00. The van der Waals surface area contributed by atoms with Crippen LogP contribution < -0.4 is 15.5 Å². The molecule has 2 aromatic rings. The van der Waals surface area contributed by atoms with Crippen molar-refractivity contribution in [3.05, 3.63) is 41.9 Å². The molecule has 7 heteroatoms. The van der Waals surface area contributed by atoms with E-state index in [-0.39, 0.29) is 0 Å². The smallest absolute Gasteiger partial charge is 0.231 e. The summed E-state index contributed by atoms with van der Waals surface area (Å²) >= 11 is 5.37. The van der Waals surface area contributed by atoms with E-state index >= 15 is 0 Å². The lowest BCUT2D eigenvalue weighted by Gasteiger charge is -2.34. The van der Waals surface area contributed by atoms with Gasteiger partial charge in [-0.05, 0) is 57.0 Å². The van der Waals surface area contributed by atoms with Crippen molar-refractivity contribution in [1.29, 1.82) is 0 Å². The number of aryl methyl sites for hydroxylation is 1. The normalized spacial score (nSPS) is 17.2. The van der Waals surface area contributed by atoms with Gasteiger partial charge in [-0.3, -0.25) is 4.98 Å². The van der Waals surface area contributed by atoms with Gasteiger partial charge >= 0.3 is 0 Å². The molecule has 0 aliphatic carbocycles. The van der Waals surface area contributed by atoms with Gasteiger partial charge in [-0.15, -0.1) is 0 Å². The zero-order valence-electron chi connectivity index (χ0n) is 14.7. The minimum atomic E-state index is 0.506. The molecule has 0 saturated carbocycles. The Morgan fingerprint density at radius 1 is 1.36 bits per heavy atom. The standard InChI is InChI=1S/C18H24N6S/c1-13-10-16(24-9-4-3-6-14(24)2)22-17(21-13)23-18(25)20-12-15-7-5-8-19-11-15/h5,7-8,10-11,14H,3-4,6,9,12H2,1-2H3,(H2,20,21,22,23,25)/t14-/m0/s1. The van der Waals surface area contributed by atoms with Gasteiger partial charge in [0.25, 0.3) is 0 Å². The first-order chi connectivity index (χ1) is 12.1. The monoisotopic (exact) mass is 356 g/mol. The molecule has 1 fully saturated rings. The average Bonchev–Trinajstić information content (AvgIpc) is 2.61. The van der Waals surface area contributed by atoms with Crippen LogP contribution in [0.25, 0.3) is 0 Å². The van der Waals surface area contributed by atoms with Gasteiger partial charge in [-0.2, -0.15) is 4.98 Å². The second-order valence-electron chi connectivity index (χ2n) is 6.40. The van der Waals surface area contributed by atoms with Crippen molar-refractivity contribution >= 4 is 29.1 Å². The van der Waals surface area contributed by atoms with Crippen molar-refractivity contribution in [2.24, 2.45) is 0 Å². The second-order valence-corrected chi connectivity index (χ2v) is 6.81. The fourth-order valence-corrected chi connectivity index (χ4v) is 3.19. The summed E-state index contributed by atoms with van der Waals surface area (Å²) < 4.78 is 0. The van der Waals surface area contributed by atoms with Crippen molar-refractivity contribution in [3.63, 3.8) is 0 Å². The third-order valence-corrected chi connectivity index (χ3v) is 4.59.